The van der Waals surface area contributed by atoms with E-state index in [-0.39, 0.29) is 5.91 Å². The van der Waals surface area contributed by atoms with E-state index in [4.69, 9.17) is 14.2 Å². The fourth-order valence-corrected chi connectivity index (χ4v) is 2.20. The third-order valence-corrected chi connectivity index (χ3v) is 3.44. The molecule has 1 N–H and O–H groups in total. The van der Waals surface area contributed by atoms with Crippen LogP contribution in [0.3, 0.4) is 0 Å². The Balaban J connectivity index is 2.04. The van der Waals surface area contributed by atoms with E-state index in [2.05, 4.69) is 10.5 Å². The van der Waals surface area contributed by atoms with Crippen molar-refractivity contribution in [1.29, 1.82) is 0 Å². The quantitative estimate of drug-likeness (QED) is 0.550. The molecule has 1 amide bonds. The van der Waals surface area contributed by atoms with Gasteiger partial charge in [0.25, 0.3) is 5.91 Å². The third-order valence-electron chi connectivity index (χ3n) is 3.44. The third kappa shape index (κ3) is 5.51. The van der Waals surface area contributed by atoms with Gasteiger partial charge in [-0.2, -0.15) is 5.10 Å². The molecule has 0 saturated heterocycles. The van der Waals surface area contributed by atoms with Crippen LogP contribution in [0.4, 0.5) is 0 Å². The SMILES string of the molecule is CCCOc1ccc(/C=N\NC(=O)c2cccc(OC)c2)cc1OCC. The van der Waals surface area contributed by atoms with Gasteiger partial charge < -0.3 is 14.2 Å². The van der Waals surface area contributed by atoms with Gasteiger partial charge in [0.15, 0.2) is 11.5 Å². The molecule has 0 aliphatic carbocycles. The molecule has 2 aromatic carbocycles. The summed E-state index contributed by atoms with van der Waals surface area (Å²) in [5.74, 6) is 1.66. The maximum Gasteiger partial charge on any atom is 0.271 e. The summed E-state index contributed by atoms with van der Waals surface area (Å²) in [5, 5.41) is 4.00. The fourth-order valence-electron chi connectivity index (χ4n) is 2.20. The highest BCUT2D eigenvalue weighted by Crippen LogP contribution is 2.28. The molecule has 0 heterocycles. The minimum atomic E-state index is -0.312. The predicted molar refractivity (Wildman–Crippen MR) is 101 cm³/mol. The predicted octanol–water partition coefficient (Wildman–Crippen LogP) is 3.65. The molecular weight excluding hydrogens is 332 g/mol. The van der Waals surface area contributed by atoms with Crippen molar-refractivity contribution in [3.8, 4) is 17.2 Å². The smallest absolute Gasteiger partial charge is 0.271 e. The normalized spacial score (nSPS) is 10.6. The monoisotopic (exact) mass is 356 g/mol. The van der Waals surface area contributed by atoms with Crippen molar-refractivity contribution < 1.29 is 19.0 Å². The van der Waals surface area contributed by atoms with Gasteiger partial charge in [0.1, 0.15) is 5.75 Å². The zero-order chi connectivity index (χ0) is 18.8. The van der Waals surface area contributed by atoms with Crippen LogP contribution in [0, 0.1) is 0 Å². The van der Waals surface area contributed by atoms with Crippen LogP contribution in [0.1, 0.15) is 36.2 Å². The number of hydrazone groups is 1. The molecule has 0 aromatic heterocycles. The van der Waals surface area contributed by atoms with E-state index in [1.165, 1.54) is 0 Å². The molecule has 0 radical (unpaired) electrons. The van der Waals surface area contributed by atoms with Crippen molar-refractivity contribution >= 4 is 12.1 Å². The number of rotatable bonds is 9. The summed E-state index contributed by atoms with van der Waals surface area (Å²) >= 11 is 0. The fraction of sp³-hybridized carbons (Fsp3) is 0.300. The molecule has 26 heavy (non-hydrogen) atoms. The summed E-state index contributed by atoms with van der Waals surface area (Å²) < 4.78 is 16.4. The number of carbonyl (C=O) groups excluding carboxylic acids is 1. The van der Waals surface area contributed by atoms with Crippen molar-refractivity contribution in [2.75, 3.05) is 20.3 Å². The Morgan fingerprint density at radius 3 is 2.69 bits per heavy atom. The molecule has 6 heteroatoms. The molecule has 138 valence electrons. The Morgan fingerprint density at radius 2 is 1.96 bits per heavy atom. The van der Waals surface area contributed by atoms with Crippen LogP contribution in [0.25, 0.3) is 0 Å². The minimum Gasteiger partial charge on any atom is -0.497 e. The zero-order valence-corrected chi connectivity index (χ0v) is 15.3. The van der Waals surface area contributed by atoms with Crippen LogP contribution < -0.4 is 19.6 Å². The number of hydrogen-bond acceptors (Lipinski definition) is 5. The lowest BCUT2D eigenvalue weighted by atomic mass is 10.2. The second-order valence-corrected chi connectivity index (χ2v) is 5.42. The van der Waals surface area contributed by atoms with E-state index >= 15 is 0 Å². The Kier molecular flexibility index (Phi) is 7.49. The summed E-state index contributed by atoms with van der Waals surface area (Å²) in [4.78, 5) is 12.1. The van der Waals surface area contributed by atoms with Crippen LogP contribution in [-0.2, 0) is 0 Å². The van der Waals surface area contributed by atoms with Crippen molar-refractivity contribution in [1.82, 2.24) is 5.43 Å². The van der Waals surface area contributed by atoms with Crippen LogP contribution in [0.5, 0.6) is 17.2 Å². The van der Waals surface area contributed by atoms with Crippen LogP contribution >= 0.6 is 0 Å². The first kappa shape index (κ1) is 19.3. The average molecular weight is 356 g/mol. The van der Waals surface area contributed by atoms with Gasteiger partial charge in [-0.3, -0.25) is 4.79 Å². The van der Waals surface area contributed by atoms with Crippen molar-refractivity contribution in [2.24, 2.45) is 5.10 Å². The maximum absolute atomic E-state index is 12.1. The number of nitrogens with one attached hydrogen (secondary N) is 1. The van der Waals surface area contributed by atoms with Crippen molar-refractivity contribution in [3.63, 3.8) is 0 Å². The van der Waals surface area contributed by atoms with E-state index in [9.17, 15) is 4.79 Å². The zero-order valence-electron chi connectivity index (χ0n) is 15.3. The van der Waals surface area contributed by atoms with Gasteiger partial charge in [-0.25, -0.2) is 5.43 Å². The molecule has 2 aromatic rings. The van der Waals surface area contributed by atoms with Crippen LogP contribution in [-0.4, -0.2) is 32.4 Å². The summed E-state index contributed by atoms with van der Waals surface area (Å²) in [6.45, 7) is 5.13. The van der Waals surface area contributed by atoms with E-state index < -0.39 is 0 Å². The van der Waals surface area contributed by atoms with Crippen molar-refractivity contribution in [2.45, 2.75) is 20.3 Å². The van der Waals surface area contributed by atoms with Gasteiger partial charge in [-0.1, -0.05) is 13.0 Å². The first-order valence-corrected chi connectivity index (χ1v) is 8.55. The topological polar surface area (TPSA) is 69.2 Å². The number of methoxy groups -OCH3 is 1. The maximum atomic E-state index is 12.1. The van der Waals surface area contributed by atoms with E-state index in [0.29, 0.717) is 36.0 Å². The molecule has 0 atom stereocenters. The second kappa shape index (κ2) is 10.1. The van der Waals surface area contributed by atoms with Gasteiger partial charge in [0, 0.05) is 5.56 Å². The molecule has 0 bridgehead atoms. The lowest BCUT2D eigenvalue weighted by Crippen LogP contribution is -2.17. The molecule has 0 unspecified atom stereocenters. The highest BCUT2D eigenvalue weighted by atomic mass is 16.5. The number of carbonyl (C=O) groups is 1. The largest absolute Gasteiger partial charge is 0.497 e. The van der Waals surface area contributed by atoms with Crippen LogP contribution in [0.15, 0.2) is 47.6 Å². The summed E-state index contributed by atoms with van der Waals surface area (Å²) in [6.07, 6.45) is 2.48. The lowest BCUT2D eigenvalue weighted by molar-refractivity contribution is 0.0955. The first-order valence-electron chi connectivity index (χ1n) is 8.55. The summed E-state index contributed by atoms with van der Waals surface area (Å²) in [5.41, 5.74) is 3.77. The molecule has 6 nitrogen and oxygen atoms in total. The Labute approximate surface area is 153 Å². The standard InChI is InChI=1S/C20H24N2O4/c1-4-11-26-18-10-9-15(12-19(18)25-5-2)14-21-22-20(23)16-7-6-8-17(13-16)24-3/h6-10,12-14H,4-5,11H2,1-3H3,(H,22,23)/b21-14-. The van der Waals surface area contributed by atoms with E-state index in [1.54, 1.807) is 37.6 Å². The second-order valence-electron chi connectivity index (χ2n) is 5.42. The van der Waals surface area contributed by atoms with E-state index in [1.807, 2.05) is 32.0 Å². The van der Waals surface area contributed by atoms with Gasteiger partial charge >= 0.3 is 0 Å². The minimum absolute atomic E-state index is 0.312. The summed E-state index contributed by atoms with van der Waals surface area (Å²) in [7, 11) is 1.55. The van der Waals surface area contributed by atoms with Gasteiger partial charge in [-0.05, 0) is 55.3 Å². The molecule has 0 aliphatic heterocycles. The molecular formula is C20H24N2O4. The van der Waals surface area contributed by atoms with Crippen LogP contribution in [0.2, 0.25) is 0 Å². The number of amides is 1. The summed E-state index contributed by atoms with van der Waals surface area (Å²) in [6, 6.07) is 12.4. The van der Waals surface area contributed by atoms with Gasteiger partial charge in [0.05, 0.1) is 26.5 Å². The number of nitrogens with zero attached hydrogens (tertiary/aromatic N) is 1. The molecule has 0 saturated carbocycles. The highest BCUT2D eigenvalue weighted by Gasteiger charge is 2.07. The van der Waals surface area contributed by atoms with E-state index in [0.717, 1.165) is 12.0 Å². The molecule has 2 rings (SSSR count). The van der Waals surface area contributed by atoms with Gasteiger partial charge in [-0.15, -0.1) is 0 Å². The Bertz CT molecular complexity index is 759. The number of hydrogen-bond donors (Lipinski definition) is 1. The van der Waals surface area contributed by atoms with Crippen molar-refractivity contribution in [3.05, 3.63) is 53.6 Å². The lowest BCUT2D eigenvalue weighted by Gasteiger charge is -2.11. The number of benzene rings is 2. The Hall–Kier alpha value is -3.02. The molecule has 0 spiro atoms. The Morgan fingerprint density at radius 1 is 1.12 bits per heavy atom. The number of ether oxygens (including phenoxy) is 3. The first-order chi connectivity index (χ1) is 12.7. The highest BCUT2D eigenvalue weighted by molar-refractivity contribution is 5.95. The molecule has 0 fully saturated rings. The average Bonchev–Trinajstić information content (AvgIpc) is 2.67. The molecule has 0 aliphatic rings. The van der Waals surface area contributed by atoms with Gasteiger partial charge in [0.2, 0.25) is 0 Å².